The number of aliphatic hydroxyl groups excluding tert-OH is 1. The lowest BCUT2D eigenvalue weighted by Crippen LogP contribution is -2.26. The molecule has 4 heteroatoms. The molecule has 2 aromatic carbocycles. The van der Waals surface area contributed by atoms with Gasteiger partial charge in [0.1, 0.15) is 5.60 Å². The Bertz CT molecular complexity index is 601. The Labute approximate surface area is 128 Å². The van der Waals surface area contributed by atoms with Crippen LogP contribution in [0.4, 0.5) is 0 Å². The molecule has 0 heterocycles. The Hall–Kier alpha value is -0.680. The molecular formula is C15H12Br2O2. The van der Waals surface area contributed by atoms with Crippen LogP contribution in [0.15, 0.2) is 45.3 Å². The molecule has 0 saturated heterocycles. The van der Waals surface area contributed by atoms with Gasteiger partial charge in [0.15, 0.2) is 0 Å². The molecule has 0 amide bonds. The topological polar surface area (TPSA) is 40.5 Å². The van der Waals surface area contributed by atoms with Crippen LogP contribution in [0.2, 0.25) is 0 Å². The summed E-state index contributed by atoms with van der Waals surface area (Å²) < 4.78 is 1.85. The Morgan fingerprint density at radius 1 is 0.895 bits per heavy atom. The number of fused-ring (bicyclic) bond motifs is 3. The zero-order valence-electron chi connectivity index (χ0n) is 10.0. The van der Waals surface area contributed by atoms with Crippen molar-refractivity contribution in [1.29, 1.82) is 0 Å². The predicted octanol–water partition coefficient (Wildman–Crippen LogP) is 3.81. The summed E-state index contributed by atoms with van der Waals surface area (Å²) in [5.74, 6) is 0. The molecule has 0 atom stereocenters. The molecule has 0 saturated carbocycles. The van der Waals surface area contributed by atoms with Gasteiger partial charge in [-0.05, 0) is 46.5 Å². The van der Waals surface area contributed by atoms with Gasteiger partial charge in [-0.15, -0.1) is 0 Å². The van der Waals surface area contributed by atoms with E-state index in [-0.39, 0.29) is 6.61 Å². The van der Waals surface area contributed by atoms with Crippen LogP contribution >= 0.6 is 31.9 Å². The van der Waals surface area contributed by atoms with Crippen molar-refractivity contribution >= 4 is 31.9 Å². The van der Waals surface area contributed by atoms with Crippen LogP contribution in [0.1, 0.15) is 17.5 Å². The maximum Gasteiger partial charge on any atom is 0.118 e. The number of halogens is 2. The van der Waals surface area contributed by atoms with Gasteiger partial charge in [0.25, 0.3) is 0 Å². The molecule has 2 aromatic rings. The second-order valence-corrected chi connectivity index (χ2v) is 6.55. The predicted molar refractivity (Wildman–Crippen MR) is 82.0 cm³/mol. The Balaban J connectivity index is 2.32. The summed E-state index contributed by atoms with van der Waals surface area (Å²) in [6, 6.07) is 11.8. The van der Waals surface area contributed by atoms with Crippen molar-refractivity contribution < 1.29 is 10.2 Å². The highest BCUT2D eigenvalue weighted by molar-refractivity contribution is 9.10. The van der Waals surface area contributed by atoms with Gasteiger partial charge in [-0.1, -0.05) is 44.0 Å². The van der Waals surface area contributed by atoms with Crippen molar-refractivity contribution in [2.75, 3.05) is 6.61 Å². The van der Waals surface area contributed by atoms with E-state index >= 15 is 0 Å². The quantitative estimate of drug-likeness (QED) is 0.827. The maximum atomic E-state index is 11.0. The summed E-state index contributed by atoms with van der Waals surface area (Å²) in [6.45, 7) is -0.0611. The molecule has 0 unspecified atom stereocenters. The normalized spacial score (nSPS) is 15.2. The van der Waals surface area contributed by atoms with E-state index in [0.717, 1.165) is 31.2 Å². The molecule has 0 spiro atoms. The first-order valence-electron chi connectivity index (χ1n) is 6.00. The summed E-state index contributed by atoms with van der Waals surface area (Å²) in [7, 11) is 0. The number of hydrogen-bond donors (Lipinski definition) is 2. The summed E-state index contributed by atoms with van der Waals surface area (Å²) in [4.78, 5) is 0. The van der Waals surface area contributed by atoms with Crippen molar-refractivity contribution in [3.8, 4) is 11.1 Å². The molecule has 0 fully saturated rings. The van der Waals surface area contributed by atoms with E-state index in [9.17, 15) is 10.2 Å². The highest BCUT2D eigenvalue weighted by Crippen LogP contribution is 2.50. The van der Waals surface area contributed by atoms with Crippen LogP contribution in [0.3, 0.4) is 0 Å². The fourth-order valence-electron chi connectivity index (χ4n) is 2.76. The molecule has 1 aliphatic rings. The van der Waals surface area contributed by atoms with Crippen LogP contribution < -0.4 is 0 Å². The van der Waals surface area contributed by atoms with E-state index in [1.165, 1.54) is 0 Å². The third-order valence-corrected chi connectivity index (χ3v) is 4.60. The average Bonchev–Trinajstić information content (AvgIpc) is 2.60. The molecule has 3 rings (SSSR count). The van der Waals surface area contributed by atoms with Crippen molar-refractivity contribution in [2.24, 2.45) is 0 Å². The molecule has 2 nitrogen and oxygen atoms in total. The Morgan fingerprint density at radius 2 is 1.37 bits per heavy atom. The molecule has 98 valence electrons. The van der Waals surface area contributed by atoms with Crippen molar-refractivity contribution in [1.82, 2.24) is 0 Å². The standard InChI is InChI=1S/C15H12Br2O2/c16-9-1-3-11-12-4-2-10(17)8-14(12)15(19,5-6-18)13(11)7-9/h1-4,7-8,18-19H,5-6H2. The van der Waals surface area contributed by atoms with Gasteiger partial charge < -0.3 is 10.2 Å². The zero-order chi connectivity index (χ0) is 13.6. The van der Waals surface area contributed by atoms with Crippen LogP contribution in [-0.4, -0.2) is 16.8 Å². The molecule has 0 aliphatic heterocycles. The van der Waals surface area contributed by atoms with Gasteiger partial charge >= 0.3 is 0 Å². The molecule has 2 N–H and O–H groups in total. The molecule has 1 aliphatic carbocycles. The highest BCUT2D eigenvalue weighted by atomic mass is 79.9. The number of aliphatic hydroxyl groups is 2. The minimum atomic E-state index is -1.12. The lowest BCUT2D eigenvalue weighted by Gasteiger charge is -2.25. The van der Waals surface area contributed by atoms with E-state index in [0.29, 0.717) is 6.42 Å². The smallest absolute Gasteiger partial charge is 0.118 e. The fraction of sp³-hybridized carbons (Fsp3) is 0.200. The monoisotopic (exact) mass is 382 g/mol. The molecule has 0 aromatic heterocycles. The van der Waals surface area contributed by atoms with Gasteiger partial charge in [-0.25, -0.2) is 0 Å². The van der Waals surface area contributed by atoms with Crippen molar-refractivity contribution in [3.05, 3.63) is 56.5 Å². The van der Waals surface area contributed by atoms with Crippen LogP contribution in [0, 0.1) is 0 Å². The highest BCUT2D eigenvalue weighted by Gasteiger charge is 2.41. The van der Waals surface area contributed by atoms with Crippen LogP contribution in [0.5, 0.6) is 0 Å². The largest absolute Gasteiger partial charge is 0.396 e. The van der Waals surface area contributed by atoms with Gasteiger partial charge in [0.05, 0.1) is 0 Å². The minimum absolute atomic E-state index is 0.0611. The first-order chi connectivity index (χ1) is 9.06. The van der Waals surface area contributed by atoms with Gasteiger partial charge in [-0.3, -0.25) is 0 Å². The second kappa shape index (κ2) is 4.70. The maximum absolute atomic E-state index is 11.0. The second-order valence-electron chi connectivity index (χ2n) is 4.71. The average molecular weight is 384 g/mol. The molecule has 0 bridgehead atoms. The number of rotatable bonds is 2. The summed E-state index contributed by atoms with van der Waals surface area (Å²) >= 11 is 6.89. The third kappa shape index (κ3) is 1.98. The summed E-state index contributed by atoms with van der Waals surface area (Å²) in [5, 5.41) is 20.3. The summed E-state index contributed by atoms with van der Waals surface area (Å²) in [5.41, 5.74) is 2.64. The SMILES string of the molecule is OCCC1(O)c2cc(Br)ccc2-c2ccc(Br)cc21. The van der Waals surface area contributed by atoms with Gasteiger partial charge in [0, 0.05) is 22.0 Å². The Morgan fingerprint density at radius 3 is 1.79 bits per heavy atom. The molecular weight excluding hydrogens is 372 g/mol. The van der Waals surface area contributed by atoms with E-state index in [2.05, 4.69) is 31.9 Å². The first-order valence-corrected chi connectivity index (χ1v) is 7.58. The number of hydrogen-bond acceptors (Lipinski definition) is 2. The van der Waals surface area contributed by atoms with E-state index in [1.807, 2.05) is 36.4 Å². The molecule has 0 radical (unpaired) electrons. The number of benzene rings is 2. The molecule has 19 heavy (non-hydrogen) atoms. The van der Waals surface area contributed by atoms with Crippen LogP contribution in [-0.2, 0) is 5.60 Å². The van der Waals surface area contributed by atoms with E-state index in [1.54, 1.807) is 0 Å². The first kappa shape index (κ1) is 13.3. The lowest BCUT2D eigenvalue weighted by atomic mass is 9.88. The van der Waals surface area contributed by atoms with Gasteiger partial charge in [0.2, 0.25) is 0 Å². The van der Waals surface area contributed by atoms with E-state index < -0.39 is 5.60 Å². The Kier molecular flexibility index (Phi) is 3.29. The lowest BCUT2D eigenvalue weighted by molar-refractivity contribution is 0.0551. The van der Waals surface area contributed by atoms with Gasteiger partial charge in [-0.2, -0.15) is 0 Å². The van der Waals surface area contributed by atoms with Crippen molar-refractivity contribution in [2.45, 2.75) is 12.0 Å². The minimum Gasteiger partial charge on any atom is -0.396 e. The fourth-order valence-corrected chi connectivity index (χ4v) is 3.49. The van der Waals surface area contributed by atoms with E-state index in [4.69, 9.17) is 0 Å². The summed E-state index contributed by atoms with van der Waals surface area (Å²) in [6.07, 6.45) is 0.292. The van der Waals surface area contributed by atoms with Crippen molar-refractivity contribution in [3.63, 3.8) is 0 Å². The zero-order valence-corrected chi connectivity index (χ0v) is 13.2. The third-order valence-electron chi connectivity index (χ3n) is 3.62. The van der Waals surface area contributed by atoms with Crippen LogP contribution in [0.25, 0.3) is 11.1 Å².